The van der Waals surface area contributed by atoms with Crippen LogP contribution >= 0.6 is 11.6 Å². The van der Waals surface area contributed by atoms with Gasteiger partial charge in [-0.2, -0.15) is 5.26 Å². The first-order valence-electron chi connectivity index (χ1n) is 6.01. The first-order valence-corrected chi connectivity index (χ1v) is 6.39. The van der Waals surface area contributed by atoms with Gasteiger partial charge in [-0.1, -0.05) is 0 Å². The molecule has 6 heteroatoms. The molecule has 0 bridgehead atoms. The third-order valence-electron chi connectivity index (χ3n) is 2.71. The first-order chi connectivity index (χ1) is 9.31. The normalized spacial score (nSPS) is 11.2. The molecule has 0 fully saturated rings. The third kappa shape index (κ3) is 2.86. The molecule has 0 saturated carbocycles. The molecule has 1 amide bonds. The van der Waals surface area contributed by atoms with Gasteiger partial charge in [0.2, 0.25) is 0 Å². The van der Waals surface area contributed by atoms with Crippen molar-refractivity contribution in [2.75, 3.05) is 5.32 Å². The Morgan fingerprint density at radius 2 is 2.15 bits per heavy atom. The summed E-state index contributed by atoms with van der Waals surface area (Å²) in [5, 5.41) is 11.9. The first kappa shape index (κ1) is 14.2. The van der Waals surface area contributed by atoms with E-state index in [-0.39, 0.29) is 16.5 Å². The Kier molecular flexibility index (Phi) is 3.60. The number of nitrogens with one attached hydrogen (secondary N) is 1. The van der Waals surface area contributed by atoms with Gasteiger partial charge in [0.25, 0.3) is 5.91 Å². The van der Waals surface area contributed by atoms with E-state index in [9.17, 15) is 4.79 Å². The summed E-state index contributed by atoms with van der Waals surface area (Å²) in [4.78, 5) is 12.0. The van der Waals surface area contributed by atoms with Gasteiger partial charge in [0.1, 0.15) is 11.9 Å². The van der Waals surface area contributed by atoms with Crippen LogP contribution in [-0.4, -0.2) is 10.5 Å². The predicted octanol–water partition coefficient (Wildman–Crippen LogP) is 3.61. The summed E-state index contributed by atoms with van der Waals surface area (Å²) in [6, 6.07) is 6.67. The van der Waals surface area contributed by atoms with Crippen LogP contribution in [0, 0.1) is 11.3 Å². The molecule has 0 unspecified atom stereocenters. The van der Waals surface area contributed by atoms with E-state index >= 15 is 0 Å². The molecule has 2 aromatic heterocycles. The van der Waals surface area contributed by atoms with Crippen LogP contribution in [0.2, 0.25) is 5.22 Å². The molecule has 0 aromatic carbocycles. The van der Waals surface area contributed by atoms with Crippen LogP contribution in [0.25, 0.3) is 0 Å². The van der Waals surface area contributed by atoms with E-state index in [1.54, 1.807) is 12.3 Å². The van der Waals surface area contributed by atoms with Crippen molar-refractivity contribution < 1.29 is 9.21 Å². The van der Waals surface area contributed by atoms with Crippen LogP contribution in [0.15, 0.2) is 28.8 Å². The number of nitriles is 1. The number of hydrogen-bond donors (Lipinski definition) is 1. The van der Waals surface area contributed by atoms with Crippen molar-refractivity contribution in [3.05, 3.63) is 40.9 Å². The second kappa shape index (κ2) is 5.06. The summed E-state index contributed by atoms with van der Waals surface area (Å²) in [6.07, 6.45) is 1.70. The molecule has 0 atom stereocenters. The summed E-state index contributed by atoms with van der Waals surface area (Å²) < 4.78 is 6.88. The second-order valence-electron chi connectivity index (χ2n) is 5.32. The Hall–Kier alpha value is -2.19. The van der Waals surface area contributed by atoms with E-state index in [0.717, 1.165) is 0 Å². The fourth-order valence-electron chi connectivity index (χ4n) is 1.79. The number of halogens is 1. The van der Waals surface area contributed by atoms with Crippen LogP contribution < -0.4 is 5.32 Å². The van der Waals surface area contributed by atoms with Crippen molar-refractivity contribution in [2.24, 2.45) is 0 Å². The minimum absolute atomic E-state index is 0.121. The van der Waals surface area contributed by atoms with Gasteiger partial charge in [-0.05, 0) is 50.6 Å². The zero-order valence-electron chi connectivity index (χ0n) is 11.4. The van der Waals surface area contributed by atoms with Gasteiger partial charge in [-0.25, -0.2) is 0 Å². The summed E-state index contributed by atoms with van der Waals surface area (Å²) >= 11 is 5.64. The number of carbonyl (C=O) groups is 1. The Morgan fingerprint density at radius 3 is 2.65 bits per heavy atom. The smallest absolute Gasteiger partial charge is 0.292 e. The zero-order chi connectivity index (χ0) is 14.9. The van der Waals surface area contributed by atoms with E-state index in [4.69, 9.17) is 21.3 Å². The van der Waals surface area contributed by atoms with E-state index < -0.39 is 5.91 Å². The van der Waals surface area contributed by atoms with E-state index in [2.05, 4.69) is 11.4 Å². The van der Waals surface area contributed by atoms with Crippen LogP contribution in [0.1, 0.15) is 36.9 Å². The zero-order valence-corrected chi connectivity index (χ0v) is 12.2. The number of furan rings is 1. The van der Waals surface area contributed by atoms with Crippen molar-refractivity contribution in [1.29, 1.82) is 5.26 Å². The topological polar surface area (TPSA) is 71.0 Å². The third-order valence-corrected chi connectivity index (χ3v) is 2.91. The maximum absolute atomic E-state index is 12.0. The number of nitrogens with zero attached hydrogens (tertiary/aromatic N) is 2. The van der Waals surface area contributed by atoms with Crippen molar-refractivity contribution in [3.8, 4) is 6.07 Å². The molecule has 1 N–H and O–H groups in total. The quantitative estimate of drug-likeness (QED) is 0.918. The number of anilines is 1. The highest BCUT2D eigenvalue weighted by Crippen LogP contribution is 2.24. The predicted molar refractivity (Wildman–Crippen MR) is 75.8 cm³/mol. The summed E-state index contributed by atoms with van der Waals surface area (Å²) in [5.41, 5.74) is 0.214. The Morgan fingerprint density at radius 1 is 1.45 bits per heavy atom. The average molecular weight is 292 g/mol. The molecule has 0 radical (unpaired) electrons. The fourth-order valence-corrected chi connectivity index (χ4v) is 1.94. The standard InChI is InChI=1S/C14H14ClN3O2/c1-14(2,3)18-8-9(7-16)6-12(18)17-13(19)10-4-5-11(15)20-10/h4-6,8H,1-3H3,(H,17,19). The number of rotatable bonds is 2. The number of hydrogen-bond acceptors (Lipinski definition) is 3. The van der Waals surface area contributed by atoms with E-state index in [0.29, 0.717) is 11.4 Å². The SMILES string of the molecule is CC(C)(C)n1cc(C#N)cc1NC(=O)c1ccc(Cl)o1. The number of carbonyl (C=O) groups excluding carboxylic acids is 1. The van der Waals surface area contributed by atoms with Crippen molar-refractivity contribution in [3.63, 3.8) is 0 Å². The van der Waals surface area contributed by atoms with Gasteiger partial charge in [-0.15, -0.1) is 0 Å². The lowest BCUT2D eigenvalue weighted by Crippen LogP contribution is -2.24. The lowest BCUT2D eigenvalue weighted by atomic mass is 10.1. The molecular weight excluding hydrogens is 278 g/mol. The van der Waals surface area contributed by atoms with Crippen LogP contribution in [0.5, 0.6) is 0 Å². The molecule has 0 aliphatic rings. The summed E-state index contributed by atoms with van der Waals surface area (Å²) in [5.74, 6) is 0.242. The van der Waals surface area contributed by atoms with Gasteiger partial charge in [0.15, 0.2) is 11.0 Å². The minimum Gasteiger partial charge on any atom is -0.440 e. The van der Waals surface area contributed by atoms with Crippen molar-refractivity contribution >= 4 is 23.3 Å². The van der Waals surface area contributed by atoms with Gasteiger partial charge < -0.3 is 14.3 Å². The van der Waals surface area contributed by atoms with Crippen LogP contribution in [0.4, 0.5) is 5.82 Å². The van der Waals surface area contributed by atoms with Crippen LogP contribution in [0.3, 0.4) is 0 Å². The number of aromatic nitrogens is 1. The number of amides is 1. The van der Waals surface area contributed by atoms with Gasteiger partial charge >= 0.3 is 0 Å². The van der Waals surface area contributed by atoms with E-state index in [1.807, 2.05) is 25.3 Å². The molecule has 2 aromatic rings. The molecule has 0 aliphatic heterocycles. The molecule has 104 valence electrons. The Labute approximate surface area is 121 Å². The highest BCUT2D eigenvalue weighted by molar-refractivity contribution is 6.29. The Bertz CT molecular complexity index is 686. The highest BCUT2D eigenvalue weighted by Gasteiger charge is 2.20. The minimum atomic E-state index is -0.412. The largest absolute Gasteiger partial charge is 0.440 e. The summed E-state index contributed by atoms with van der Waals surface area (Å²) in [7, 11) is 0. The maximum atomic E-state index is 12.0. The fraction of sp³-hybridized carbons (Fsp3) is 0.286. The van der Waals surface area contributed by atoms with Gasteiger partial charge in [-0.3, -0.25) is 4.79 Å². The molecule has 5 nitrogen and oxygen atoms in total. The molecule has 2 heterocycles. The molecule has 2 rings (SSSR count). The van der Waals surface area contributed by atoms with Crippen LogP contribution in [-0.2, 0) is 5.54 Å². The summed E-state index contributed by atoms with van der Waals surface area (Å²) in [6.45, 7) is 5.94. The van der Waals surface area contributed by atoms with Gasteiger partial charge in [0.05, 0.1) is 5.56 Å². The highest BCUT2D eigenvalue weighted by atomic mass is 35.5. The van der Waals surface area contributed by atoms with Gasteiger partial charge in [0, 0.05) is 11.7 Å². The lowest BCUT2D eigenvalue weighted by Gasteiger charge is -2.24. The second-order valence-corrected chi connectivity index (χ2v) is 5.70. The molecule has 0 saturated heterocycles. The molecule has 20 heavy (non-hydrogen) atoms. The average Bonchev–Trinajstić information content (AvgIpc) is 2.94. The van der Waals surface area contributed by atoms with E-state index in [1.165, 1.54) is 12.1 Å². The molecule has 0 spiro atoms. The maximum Gasteiger partial charge on any atom is 0.292 e. The van der Waals surface area contributed by atoms with Crippen molar-refractivity contribution in [2.45, 2.75) is 26.3 Å². The monoisotopic (exact) mass is 291 g/mol. The molecular formula is C14H14ClN3O2. The van der Waals surface area contributed by atoms with Crippen molar-refractivity contribution in [1.82, 2.24) is 4.57 Å². The Balaban J connectivity index is 2.32. The lowest BCUT2D eigenvalue weighted by molar-refractivity contribution is 0.0995. The molecule has 0 aliphatic carbocycles.